The smallest absolute Gasteiger partial charge is 0.230 e. The zero-order valence-electron chi connectivity index (χ0n) is 15.4. The van der Waals surface area contributed by atoms with E-state index in [0.29, 0.717) is 10.2 Å². The number of benzene rings is 2. The predicted molar refractivity (Wildman–Crippen MR) is 110 cm³/mol. The summed E-state index contributed by atoms with van der Waals surface area (Å²) in [6, 6.07) is 15.4. The summed E-state index contributed by atoms with van der Waals surface area (Å²) in [7, 11) is 1.92. The lowest BCUT2D eigenvalue weighted by Crippen LogP contribution is -2.28. The summed E-state index contributed by atoms with van der Waals surface area (Å²) in [5.74, 6) is 1.02. The predicted octanol–water partition coefficient (Wildman–Crippen LogP) is 4.41. The Hall–Kier alpha value is -2.31. The van der Waals surface area contributed by atoms with Crippen LogP contribution in [0.15, 0.2) is 53.7 Å². The van der Waals surface area contributed by atoms with Crippen molar-refractivity contribution in [1.82, 2.24) is 20.1 Å². The van der Waals surface area contributed by atoms with E-state index in [9.17, 15) is 4.79 Å². The third-order valence-corrected chi connectivity index (χ3v) is 5.57. The SMILES string of the molecule is Cc1ccccc1-c1nnc(SCC(=O)N[C@@H](C)c2ccc(Cl)cc2)n1C. The summed E-state index contributed by atoms with van der Waals surface area (Å²) in [4.78, 5) is 12.3. The third kappa shape index (κ3) is 4.70. The van der Waals surface area contributed by atoms with Gasteiger partial charge in [0.15, 0.2) is 11.0 Å². The summed E-state index contributed by atoms with van der Waals surface area (Å²) in [5, 5.41) is 12.9. The van der Waals surface area contributed by atoms with Crippen LogP contribution in [0.4, 0.5) is 0 Å². The number of aromatic nitrogens is 3. The van der Waals surface area contributed by atoms with Gasteiger partial charge in [0.1, 0.15) is 0 Å². The molecule has 0 fully saturated rings. The summed E-state index contributed by atoms with van der Waals surface area (Å²) < 4.78 is 1.92. The molecule has 3 rings (SSSR count). The van der Waals surface area contributed by atoms with Gasteiger partial charge in [-0.1, -0.05) is 59.8 Å². The number of hydrogen-bond donors (Lipinski definition) is 1. The lowest BCUT2D eigenvalue weighted by atomic mass is 10.1. The first-order chi connectivity index (χ1) is 13.0. The fourth-order valence-electron chi connectivity index (χ4n) is 2.75. The van der Waals surface area contributed by atoms with Gasteiger partial charge in [0.25, 0.3) is 0 Å². The van der Waals surface area contributed by atoms with Gasteiger partial charge in [-0.2, -0.15) is 0 Å². The van der Waals surface area contributed by atoms with Crippen molar-refractivity contribution in [3.8, 4) is 11.4 Å². The van der Waals surface area contributed by atoms with Crippen LogP contribution in [-0.2, 0) is 11.8 Å². The maximum absolute atomic E-state index is 12.3. The topological polar surface area (TPSA) is 59.8 Å². The van der Waals surface area contributed by atoms with E-state index < -0.39 is 0 Å². The second kappa shape index (κ2) is 8.59. The molecule has 0 aliphatic rings. The minimum atomic E-state index is -0.0857. The van der Waals surface area contributed by atoms with E-state index in [1.54, 1.807) is 0 Å². The van der Waals surface area contributed by atoms with E-state index in [4.69, 9.17) is 11.6 Å². The van der Waals surface area contributed by atoms with Crippen LogP contribution in [0, 0.1) is 6.92 Å². The van der Waals surface area contributed by atoms with Crippen LogP contribution in [0.2, 0.25) is 5.02 Å². The Kier molecular flexibility index (Phi) is 6.19. The first-order valence-electron chi connectivity index (χ1n) is 8.58. The number of nitrogens with one attached hydrogen (secondary N) is 1. The molecule has 0 spiro atoms. The van der Waals surface area contributed by atoms with Crippen molar-refractivity contribution in [2.45, 2.75) is 25.0 Å². The van der Waals surface area contributed by atoms with Crippen molar-refractivity contribution in [3.05, 3.63) is 64.7 Å². The van der Waals surface area contributed by atoms with Crippen molar-refractivity contribution < 1.29 is 4.79 Å². The van der Waals surface area contributed by atoms with E-state index in [1.807, 2.05) is 74.0 Å². The summed E-state index contributed by atoms with van der Waals surface area (Å²) in [5.41, 5.74) is 3.19. The molecule has 27 heavy (non-hydrogen) atoms. The van der Waals surface area contributed by atoms with Gasteiger partial charge in [0.05, 0.1) is 11.8 Å². The number of carbonyl (C=O) groups is 1. The average molecular weight is 401 g/mol. The Morgan fingerprint density at radius 3 is 2.59 bits per heavy atom. The molecule has 1 aromatic heterocycles. The Bertz CT molecular complexity index is 939. The van der Waals surface area contributed by atoms with E-state index >= 15 is 0 Å². The number of rotatable bonds is 6. The number of thioether (sulfide) groups is 1. The van der Waals surface area contributed by atoms with Gasteiger partial charge >= 0.3 is 0 Å². The monoisotopic (exact) mass is 400 g/mol. The van der Waals surface area contributed by atoms with Crippen molar-refractivity contribution in [1.29, 1.82) is 0 Å². The minimum Gasteiger partial charge on any atom is -0.349 e. The number of hydrogen-bond acceptors (Lipinski definition) is 4. The van der Waals surface area contributed by atoms with Crippen LogP contribution in [0.1, 0.15) is 24.1 Å². The highest BCUT2D eigenvalue weighted by atomic mass is 35.5. The van der Waals surface area contributed by atoms with E-state index in [2.05, 4.69) is 15.5 Å². The van der Waals surface area contributed by atoms with Crippen LogP contribution >= 0.6 is 23.4 Å². The van der Waals surface area contributed by atoms with Gasteiger partial charge in [0, 0.05) is 17.6 Å². The van der Waals surface area contributed by atoms with E-state index in [1.165, 1.54) is 11.8 Å². The normalized spacial score (nSPS) is 12.0. The van der Waals surface area contributed by atoms with E-state index in [0.717, 1.165) is 22.5 Å². The molecule has 0 aliphatic carbocycles. The molecule has 1 amide bonds. The van der Waals surface area contributed by atoms with Crippen LogP contribution in [0.5, 0.6) is 0 Å². The van der Waals surface area contributed by atoms with Gasteiger partial charge < -0.3 is 9.88 Å². The lowest BCUT2D eigenvalue weighted by Gasteiger charge is -2.14. The first-order valence-corrected chi connectivity index (χ1v) is 9.95. The van der Waals surface area contributed by atoms with Gasteiger partial charge in [-0.15, -0.1) is 10.2 Å². The zero-order chi connectivity index (χ0) is 19.4. The van der Waals surface area contributed by atoms with Gasteiger partial charge in [-0.05, 0) is 37.1 Å². The standard InChI is InChI=1S/C20H21ClN4OS/c1-13-6-4-5-7-17(13)19-23-24-20(25(19)3)27-12-18(26)22-14(2)15-8-10-16(21)11-9-15/h4-11,14H,12H2,1-3H3,(H,22,26)/t14-/m0/s1. The molecule has 5 nitrogen and oxygen atoms in total. The molecule has 1 heterocycles. The number of aryl methyl sites for hydroxylation is 1. The lowest BCUT2D eigenvalue weighted by molar-refractivity contribution is -0.119. The van der Waals surface area contributed by atoms with Crippen LogP contribution in [-0.4, -0.2) is 26.4 Å². The summed E-state index contributed by atoms with van der Waals surface area (Å²) in [6.45, 7) is 3.99. The molecular formula is C20H21ClN4OS. The molecule has 3 aromatic rings. The van der Waals surface area contributed by atoms with Gasteiger partial charge in [-0.3, -0.25) is 4.79 Å². The largest absolute Gasteiger partial charge is 0.349 e. The van der Waals surface area contributed by atoms with Gasteiger partial charge in [0.2, 0.25) is 5.91 Å². The summed E-state index contributed by atoms with van der Waals surface area (Å²) in [6.07, 6.45) is 0. The fraction of sp³-hybridized carbons (Fsp3) is 0.250. The molecule has 2 aromatic carbocycles. The molecule has 1 atom stereocenters. The Morgan fingerprint density at radius 1 is 1.19 bits per heavy atom. The molecule has 140 valence electrons. The maximum atomic E-state index is 12.3. The molecule has 0 radical (unpaired) electrons. The highest BCUT2D eigenvalue weighted by Crippen LogP contribution is 2.25. The molecule has 7 heteroatoms. The second-order valence-electron chi connectivity index (χ2n) is 6.31. The van der Waals surface area contributed by atoms with Gasteiger partial charge in [-0.25, -0.2) is 0 Å². The van der Waals surface area contributed by atoms with Crippen molar-refractivity contribution in [2.75, 3.05) is 5.75 Å². The van der Waals surface area contributed by atoms with Crippen LogP contribution in [0.25, 0.3) is 11.4 Å². The first kappa shape index (κ1) is 19.5. The second-order valence-corrected chi connectivity index (χ2v) is 7.69. The number of halogens is 1. The molecule has 0 unspecified atom stereocenters. The van der Waals surface area contributed by atoms with Crippen LogP contribution < -0.4 is 5.32 Å². The molecule has 1 N–H and O–H groups in total. The highest BCUT2D eigenvalue weighted by molar-refractivity contribution is 7.99. The number of nitrogens with zero attached hydrogens (tertiary/aromatic N) is 3. The fourth-order valence-corrected chi connectivity index (χ4v) is 3.60. The summed E-state index contributed by atoms with van der Waals surface area (Å²) >= 11 is 7.28. The molecule has 0 aliphatic heterocycles. The Morgan fingerprint density at radius 2 is 1.89 bits per heavy atom. The Labute approximate surface area is 168 Å². The number of amides is 1. The van der Waals surface area contributed by atoms with E-state index in [-0.39, 0.29) is 17.7 Å². The molecular weight excluding hydrogens is 380 g/mol. The quantitative estimate of drug-likeness (QED) is 0.622. The maximum Gasteiger partial charge on any atom is 0.230 e. The van der Waals surface area contributed by atoms with Crippen LogP contribution in [0.3, 0.4) is 0 Å². The Balaban J connectivity index is 1.61. The van der Waals surface area contributed by atoms with Crippen molar-refractivity contribution in [3.63, 3.8) is 0 Å². The zero-order valence-corrected chi connectivity index (χ0v) is 17.0. The minimum absolute atomic E-state index is 0.0529. The average Bonchev–Trinajstić information content (AvgIpc) is 3.01. The third-order valence-electron chi connectivity index (χ3n) is 4.30. The number of carbonyl (C=O) groups excluding carboxylic acids is 1. The van der Waals surface area contributed by atoms with Crippen molar-refractivity contribution >= 4 is 29.3 Å². The molecule has 0 saturated heterocycles. The highest BCUT2D eigenvalue weighted by Gasteiger charge is 2.15. The molecule has 0 bridgehead atoms. The van der Waals surface area contributed by atoms with Crippen molar-refractivity contribution in [2.24, 2.45) is 7.05 Å². The molecule has 0 saturated carbocycles.